The number of nitrogens with two attached hydrogens (primary N) is 1. The number of carbonyl (C=O) groups excluding carboxylic acids is 1. The standard InChI is InChI=1S/C21H20F3N5O3S/c22-21(23,24)17-9-13(10-18(30)28-17)32-20-27-15(11-33-20)19(31)26-14-3-1-2-4-16(14)29-7-5-12(25)6-8-29/h1-4,9-12H,5-8,25H2,(H,26,31)(H,28,30). The number of anilines is 2. The van der Waals surface area contributed by atoms with Crippen LogP contribution in [0.1, 0.15) is 29.0 Å². The molecular weight excluding hydrogens is 459 g/mol. The summed E-state index contributed by atoms with van der Waals surface area (Å²) in [5.41, 5.74) is 5.28. The second kappa shape index (κ2) is 9.24. The molecule has 0 radical (unpaired) electrons. The number of rotatable bonds is 5. The van der Waals surface area contributed by atoms with Crippen LogP contribution in [0, 0.1) is 0 Å². The fourth-order valence-electron chi connectivity index (χ4n) is 3.42. The number of aromatic nitrogens is 2. The van der Waals surface area contributed by atoms with Gasteiger partial charge in [0.15, 0.2) is 0 Å². The van der Waals surface area contributed by atoms with Gasteiger partial charge in [0.1, 0.15) is 17.1 Å². The summed E-state index contributed by atoms with van der Waals surface area (Å²) in [4.78, 5) is 32.2. The molecule has 1 fully saturated rings. The molecule has 0 bridgehead atoms. The molecule has 0 unspecified atom stereocenters. The Morgan fingerprint density at radius 2 is 1.97 bits per heavy atom. The lowest BCUT2D eigenvalue weighted by Gasteiger charge is -2.33. The van der Waals surface area contributed by atoms with E-state index in [2.05, 4.69) is 15.2 Å². The molecule has 33 heavy (non-hydrogen) atoms. The Balaban J connectivity index is 1.48. The molecule has 1 aliphatic rings. The first kappa shape index (κ1) is 22.8. The van der Waals surface area contributed by atoms with Crippen molar-refractivity contribution < 1.29 is 22.7 Å². The van der Waals surface area contributed by atoms with Gasteiger partial charge in [-0.05, 0) is 25.0 Å². The minimum absolute atomic E-state index is 0.0337. The summed E-state index contributed by atoms with van der Waals surface area (Å²) in [6.07, 6.45) is -3.03. The molecule has 8 nitrogen and oxygen atoms in total. The van der Waals surface area contributed by atoms with Gasteiger partial charge in [0.25, 0.3) is 16.7 Å². The summed E-state index contributed by atoms with van der Waals surface area (Å²) >= 11 is 0.923. The Hall–Kier alpha value is -3.38. The largest absolute Gasteiger partial charge is 0.431 e. The number of carbonyl (C=O) groups is 1. The topological polar surface area (TPSA) is 113 Å². The van der Waals surface area contributed by atoms with E-state index in [4.69, 9.17) is 10.5 Å². The molecule has 3 heterocycles. The molecule has 0 saturated carbocycles. The number of pyridine rings is 1. The molecule has 0 aliphatic carbocycles. The van der Waals surface area contributed by atoms with Crippen LogP contribution < -0.4 is 26.2 Å². The molecule has 3 aromatic rings. The molecule has 12 heteroatoms. The van der Waals surface area contributed by atoms with Crippen LogP contribution in [0.3, 0.4) is 0 Å². The monoisotopic (exact) mass is 479 g/mol. The van der Waals surface area contributed by atoms with E-state index in [0.29, 0.717) is 11.8 Å². The van der Waals surface area contributed by atoms with E-state index >= 15 is 0 Å². The number of nitrogens with one attached hydrogen (secondary N) is 2. The van der Waals surface area contributed by atoms with Crippen LogP contribution in [0.4, 0.5) is 24.5 Å². The molecule has 0 atom stereocenters. The van der Waals surface area contributed by atoms with Crippen LogP contribution in [0.15, 0.2) is 46.6 Å². The van der Waals surface area contributed by atoms with Gasteiger partial charge in [-0.3, -0.25) is 9.59 Å². The fourth-order valence-corrected chi connectivity index (χ4v) is 4.09. The van der Waals surface area contributed by atoms with Gasteiger partial charge in [0.05, 0.1) is 11.4 Å². The second-order valence-electron chi connectivity index (χ2n) is 7.49. The molecule has 4 N–H and O–H groups in total. The highest BCUT2D eigenvalue weighted by atomic mass is 32.1. The van der Waals surface area contributed by atoms with Crippen molar-refractivity contribution in [2.45, 2.75) is 25.1 Å². The van der Waals surface area contributed by atoms with Gasteiger partial charge in [-0.1, -0.05) is 23.5 Å². The van der Waals surface area contributed by atoms with Crippen LogP contribution >= 0.6 is 11.3 Å². The smallest absolute Gasteiger partial charge is 0.431 e. The van der Waals surface area contributed by atoms with Crippen molar-refractivity contribution in [3.63, 3.8) is 0 Å². The number of thiazole rings is 1. The summed E-state index contributed by atoms with van der Waals surface area (Å²) in [5, 5.41) is 4.17. The number of alkyl halides is 3. The summed E-state index contributed by atoms with van der Waals surface area (Å²) in [6.45, 7) is 1.55. The van der Waals surface area contributed by atoms with Crippen molar-refractivity contribution >= 4 is 28.6 Å². The normalized spacial score (nSPS) is 14.8. The van der Waals surface area contributed by atoms with E-state index in [1.54, 1.807) is 17.1 Å². The van der Waals surface area contributed by atoms with Gasteiger partial charge in [-0.25, -0.2) is 0 Å². The molecule has 1 aliphatic heterocycles. The average Bonchev–Trinajstić information content (AvgIpc) is 3.22. The zero-order valence-corrected chi connectivity index (χ0v) is 18.0. The minimum atomic E-state index is -4.74. The molecule has 1 saturated heterocycles. The highest BCUT2D eigenvalue weighted by Crippen LogP contribution is 2.32. The lowest BCUT2D eigenvalue weighted by atomic mass is 10.0. The Bertz CT molecular complexity index is 1200. The summed E-state index contributed by atoms with van der Waals surface area (Å²) in [7, 11) is 0. The van der Waals surface area contributed by atoms with Crippen LogP contribution in [-0.4, -0.2) is 35.0 Å². The van der Waals surface area contributed by atoms with E-state index in [1.165, 1.54) is 5.38 Å². The third-order valence-electron chi connectivity index (χ3n) is 5.08. The van der Waals surface area contributed by atoms with E-state index in [1.807, 2.05) is 12.1 Å². The zero-order chi connectivity index (χ0) is 23.6. The van der Waals surface area contributed by atoms with E-state index in [-0.39, 0.29) is 22.7 Å². The van der Waals surface area contributed by atoms with Crippen molar-refractivity contribution in [3.05, 3.63) is 63.5 Å². The third-order valence-corrected chi connectivity index (χ3v) is 5.79. The van der Waals surface area contributed by atoms with Crippen molar-refractivity contribution in [2.75, 3.05) is 23.3 Å². The quantitative estimate of drug-likeness (QED) is 0.513. The highest BCUT2D eigenvalue weighted by Gasteiger charge is 2.32. The van der Waals surface area contributed by atoms with Gasteiger partial charge in [0, 0.05) is 36.6 Å². The van der Waals surface area contributed by atoms with E-state index in [9.17, 15) is 22.8 Å². The number of hydrogen-bond acceptors (Lipinski definition) is 7. The molecule has 174 valence electrons. The number of piperidine rings is 1. The van der Waals surface area contributed by atoms with Crippen LogP contribution in [-0.2, 0) is 6.18 Å². The molecule has 1 amide bonds. The van der Waals surface area contributed by atoms with Crippen molar-refractivity contribution in [3.8, 4) is 10.9 Å². The number of aromatic amines is 1. The molecule has 4 rings (SSSR count). The van der Waals surface area contributed by atoms with Crippen molar-refractivity contribution in [2.24, 2.45) is 5.73 Å². The molecule has 1 aromatic carbocycles. The lowest BCUT2D eigenvalue weighted by Crippen LogP contribution is -2.40. The van der Waals surface area contributed by atoms with Crippen LogP contribution in [0.25, 0.3) is 0 Å². The number of para-hydroxylation sites is 2. The minimum Gasteiger partial charge on any atom is -0.431 e. The lowest BCUT2D eigenvalue weighted by molar-refractivity contribution is -0.141. The number of halogens is 3. The first-order valence-corrected chi connectivity index (χ1v) is 10.9. The molecule has 2 aromatic heterocycles. The maximum atomic E-state index is 12.9. The Morgan fingerprint density at radius 3 is 2.70 bits per heavy atom. The molecule has 0 spiro atoms. The maximum Gasteiger partial charge on any atom is 0.431 e. The van der Waals surface area contributed by atoms with Crippen molar-refractivity contribution in [1.29, 1.82) is 0 Å². The highest BCUT2D eigenvalue weighted by molar-refractivity contribution is 7.11. The number of benzene rings is 1. The van der Waals surface area contributed by atoms with Gasteiger partial charge in [-0.15, -0.1) is 0 Å². The van der Waals surface area contributed by atoms with Crippen molar-refractivity contribution in [1.82, 2.24) is 9.97 Å². The van der Waals surface area contributed by atoms with Gasteiger partial charge >= 0.3 is 6.18 Å². The first-order chi connectivity index (χ1) is 15.7. The Labute approximate surface area is 190 Å². The number of H-pyrrole nitrogens is 1. The Morgan fingerprint density at radius 1 is 1.24 bits per heavy atom. The van der Waals surface area contributed by atoms with Crippen LogP contribution in [0.5, 0.6) is 10.9 Å². The summed E-state index contributed by atoms with van der Waals surface area (Å²) < 4.78 is 44.0. The number of ether oxygens (including phenoxy) is 1. The SMILES string of the molecule is NC1CCN(c2ccccc2NC(=O)c2csc(Oc3cc(C(F)(F)F)[nH]c(=O)c3)n2)CC1. The zero-order valence-electron chi connectivity index (χ0n) is 17.2. The Kier molecular flexibility index (Phi) is 6.38. The van der Waals surface area contributed by atoms with Crippen LogP contribution in [0.2, 0.25) is 0 Å². The van der Waals surface area contributed by atoms with Gasteiger partial charge in [0.2, 0.25) is 0 Å². The maximum absolute atomic E-state index is 12.9. The number of amides is 1. The second-order valence-corrected chi connectivity index (χ2v) is 8.31. The molecular formula is C21H20F3N5O3S. The summed E-state index contributed by atoms with van der Waals surface area (Å²) in [6, 6.07) is 9.07. The number of nitrogens with zero attached hydrogens (tertiary/aromatic N) is 2. The van der Waals surface area contributed by atoms with E-state index < -0.39 is 23.3 Å². The average molecular weight is 479 g/mol. The van der Waals surface area contributed by atoms with E-state index in [0.717, 1.165) is 49.0 Å². The fraction of sp³-hybridized carbons (Fsp3) is 0.286. The van der Waals surface area contributed by atoms with Gasteiger partial charge < -0.3 is 25.7 Å². The summed E-state index contributed by atoms with van der Waals surface area (Å²) in [5.74, 6) is -0.829. The third kappa shape index (κ3) is 5.52. The number of hydrogen-bond donors (Lipinski definition) is 3. The predicted octanol–water partition coefficient (Wildman–Crippen LogP) is 3.82. The first-order valence-electron chi connectivity index (χ1n) is 10.0. The predicted molar refractivity (Wildman–Crippen MR) is 118 cm³/mol. The van der Waals surface area contributed by atoms with Gasteiger partial charge in [-0.2, -0.15) is 18.2 Å².